The van der Waals surface area contributed by atoms with E-state index >= 15 is 0 Å². The van der Waals surface area contributed by atoms with Crippen molar-refractivity contribution in [3.63, 3.8) is 0 Å². The lowest BCUT2D eigenvalue weighted by molar-refractivity contribution is 0.571. The van der Waals surface area contributed by atoms with Crippen LogP contribution in [0.4, 0.5) is 0 Å². The molecule has 0 aliphatic carbocycles. The first-order valence-electron chi connectivity index (χ1n) is 8.29. The average molecular weight is 278 g/mol. The lowest BCUT2D eigenvalue weighted by atomic mass is 10.1. The largest absolute Gasteiger partial charge is 0.340 e. The number of fused-ring (bicyclic) bond motifs is 3. The fourth-order valence-corrected chi connectivity index (χ4v) is 3.23. The highest BCUT2D eigenvalue weighted by molar-refractivity contribution is 6.07. The molecule has 1 aromatic heterocycles. The molecular formula is C20H24N. The maximum atomic E-state index is 3.22. The molecule has 0 fully saturated rings. The van der Waals surface area contributed by atoms with Gasteiger partial charge in [0.2, 0.25) is 0 Å². The molecule has 1 heterocycles. The third-order valence-electron chi connectivity index (χ3n) is 4.35. The predicted octanol–water partition coefficient (Wildman–Crippen LogP) is 5.96. The van der Waals surface area contributed by atoms with Gasteiger partial charge in [0.1, 0.15) is 0 Å². The van der Waals surface area contributed by atoms with Crippen molar-refractivity contribution in [2.45, 2.75) is 52.0 Å². The van der Waals surface area contributed by atoms with E-state index in [9.17, 15) is 0 Å². The van der Waals surface area contributed by atoms with E-state index in [0.717, 1.165) is 6.54 Å². The summed E-state index contributed by atoms with van der Waals surface area (Å²) in [5, 5.41) is 2.69. The van der Waals surface area contributed by atoms with Crippen LogP contribution in [0, 0.1) is 6.07 Å². The van der Waals surface area contributed by atoms with Crippen LogP contribution in [0.3, 0.4) is 0 Å². The van der Waals surface area contributed by atoms with E-state index < -0.39 is 0 Å². The molecule has 1 heteroatoms. The van der Waals surface area contributed by atoms with Gasteiger partial charge < -0.3 is 4.57 Å². The van der Waals surface area contributed by atoms with Crippen LogP contribution in [0.5, 0.6) is 0 Å². The number of aromatic nitrogens is 1. The van der Waals surface area contributed by atoms with Gasteiger partial charge in [0, 0.05) is 28.4 Å². The normalized spacial score (nSPS) is 11.5. The van der Waals surface area contributed by atoms with Crippen molar-refractivity contribution in [1.82, 2.24) is 4.57 Å². The predicted molar refractivity (Wildman–Crippen MR) is 91.7 cm³/mol. The second kappa shape index (κ2) is 6.80. The van der Waals surface area contributed by atoms with Crippen molar-refractivity contribution in [3.05, 3.63) is 48.5 Å². The Balaban J connectivity index is 1.80. The summed E-state index contributed by atoms with van der Waals surface area (Å²) in [6.07, 6.45) is 8.08. The molecule has 0 saturated heterocycles. The summed E-state index contributed by atoms with van der Waals surface area (Å²) in [6.45, 7) is 3.40. The van der Waals surface area contributed by atoms with Crippen molar-refractivity contribution in [2.75, 3.05) is 0 Å². The SMILES string of the molecule is CCCCCCCCn1c2cc[c]cc2c2ccccc21. The zero-order valence-corrected chi connectivity index (χ0v) is 12.9. The molecular weight excluding hydrogens is 254 g/mol. The molecule has 21 heavy (non-hydrogen) atoms. The highest BCUT2D eigenvalue weighted by atomic mass is 15.0. The fraction of sp³-hybridized carbons (Fsp3) is 0.400. The standard InChI is InChI=1S/C20H24N/c1-2-3-4-5-6-11-16-21-19-14-9-7-12-17(19)18-13-8-10-15-20(18)21/h7,9-10,12-15H,2-6,11,16H2,1H3. The zero-order valence-electron chi connectivity index (χ0n) is 12.9. The first-order chi connectivity index (χ1) is 10.4. The number of aryl methyl sites for hydroxylation is 1. The molecule has 0 spiro atoms. The lowest BCUT2D eigenvalue weighted by Crippen LogP contribution is -1.97. The van der Waals surface area contributed by atoms with E-state index in [-0.39, 0.29) is 0 Å². The van der Waals surface area contributed by atoms with E-state index in [1.54, 1.807) is 0 Å². The minimum absolute atomic E-state index is 1.13. The van der Waals surface area contributed by atoms with Gasteiger partial charge >= 0.3 is 0 Å². The first-order valence-corrected chi connectivity index (χ1v) is 8.29. The lowest BCUT2D eigenvalue weighted by Gasteiger charge is -2.07. The Labute approximate surface area is 127 Å². The second-order valence-electron chi connectivity index (χ2n) is 5.88. The van der Waals surface area contributed by atoms with E-state index in [1.165, 1.54) is 60.3 Å². The van der Waals surface area contributed by atoms with Gasteiger partial charge in [-0.25, -0.2) is 0 Å². The number of hydrogen-bond donors (Lipinski definition) is 0. The summed E-state index contributed by atoms with van der Waals surface area (Å²) in [5.41, 5.74) is 2.71. The molecule has 0 unspecified atom stereocenters. The van der Waals surface area contributed by atoms with Crippen LogP contribution in [-0.4, -0.2) is 4.57 Å². The number of benzene rings is 2. The molecule has 0 atom stereocenters. The Kier molecular flexibility index (Phi) is 4.59. The van der Waals surface area contributed by atoms with Crippen molar-refractivity contribution in [2.24, 2.45) is 0 Å². The molecule has 3 rings (SSSR count). The third-order valence-corrected chi connectivity index (χ3v) is 4.35. The van der Waals surface area contributed by atoms with E-state index in [2.05, 4.69) is 54.0 Å². The van der Waals surface area contributed by atoms with Gasteiger partial charge in [-0.1, -0.05) is 63.3 Å². The summed E-state index contributed by atoms with van der Waals surface area (Å²) < 4.78 is 2.48. The van der Waals surface area contributed by atoms with Gasteiger partial charge in [-0.3, -0.25) is 0 Å². The van der Waals surface area contributed by atoms with Crippen molar-refractivity contribution >= 4 is 21.8 Å². The van der Waals surface area contributed by atoms with Crippen LogP contribution < -0.4 is 0 Å². The van der Waals surface area contributed by atoms with E-state index in [1.807, 2.05) is 6.07 Å². The van der Waals surface area contributed by atoms with Crippen molar-refractivity contribution < 1.29 is 0 Å². The molecule has 109 valence electrons. The first kappa shape index (κ1) is 14.2. The molecule has 0 amide bonds. The van der Waals surface area contributed by atoms with Crippen LogP contribution in [-0.2, 0) is 6.54 Å². The van der Waals surface area contributed by atoms with Gasteiger partial charge in [-0.15, -0.1) is 0 Å². The highest BCUT2D eigenvalue weighted by Crippen LogP contribution is 2.28. The Morgan fingerprint density at radius 1 is 0.857 bits per heavy atom. The summed E-state index contributed by atoms with van der Waals surface area (Å²) in [5.74, 6) is 0. The second-order valence-corrected chi connectivity index (χ2v) is 5.88. The topological polar surface area (TPSA) is 4.93 Å². The van der Waals surface area contributed by atoms with Crippen LogP contribution in [0.2, 0.25) is 0 Å². The van der Waals surface area contributed by atoms with Crippen LogP contribution >= 0.6 is 0 Å². The minimum Gasteiger partial charge on any atom is -0.340 e. The average Bonchev–Trinajstić information content (AvgIpc) is 2.85. The number of para-hydroxylation sites is 1. The summed E-state index contributed by atoms with van der Waals surface area (Å²) in [7, 11) is 0. The third kappa shape index (κ3) is 2.97. The number of nitrogens with zero attached hydrogens (tertiary/aromatic N) is 1. The molecule has 0 N–H and O–H groups in total. The summed E-state index contributed by atoms with van der Waals surface area (Å²) >= 11 is 0. The number of rotatable bonds is 7. The van der Waals surface area contributed by atoms with Gasteiger partial charge in [0.25, 0.3) is 0 Å². The molecule has 0 saturated carbocycles. The Morgan fingerprint density at radius 3 is 2.52 bits per heavy atom. The minimum atomic E-state index is 1.13. The monoisotopic (exact) mass is 278 g/mol. The zero-order chi connectivity index (χ0) is 14.5. The van der Waals surface area contributed by atoms with Crippen molar-refractivity contribution in [3.8, 4) is 0 Å². The van der Waals surface area contributed by atoms with Crippen LogP contribution in [0.15, 0.2) is 42.5 Å². The molecule has 1 radical (unpaired) electrons. The number of unbranched alkanes of at least 4 members (excludes halogenated alkanes) is 5. The quantitative estimate of drug-likeness (QED) is 0.470. The maximum Gasteiger partial charge on any atom is 0.0491 e. The molecule has 2 aromatic carbocycles. The summed E-state index contributed by atoms with van der Waals surface area (Å²) in [6, 6.07) is 18.3. The smallest absolute Gasteiger partial charge is 0.0491 e. The molecule has 0 aliphatic heterocycles. The molecule has 0 aliphatic rings. The van der Waals surface area contributed by atoms with Crippen LogP contribution in [0.25, 0.3) is 21.8 Å². The maximum absolute atomic E-state index is 3.22. The van der Waals surface area contributed by atoms with Gasteiger partial charge in [-0.05, 0) is 30.7 Å². The Hall–Kier alpha value is -1.76. The van der Waals surface area contributed by atoms with E-state index in [0.29, 0.717) is 0 Å². The molecule has 3 aromatic rings. The Bertz CT molecular complexity index is 655. The Morgan fingerprint density at radius 2 is 1.62 bits per heavy atom. The fourth-order valence-electron chi connectivity index (χ4n) is 3.23. The number of hydrogen-bond acceptors (Lipinski definition) is 0. The van der Waals surface area contributed by atoms with Crippen molar-refractivity contribution in [1.29, 1.82) is 0 Å². The van der Waals surface area contributed by atoms with Gasteiger partial charge in [0.15, 0.2) is 0 Å². The highest BCUT2D eigenvalue weighted by Gasteiger charge is 2.08. The summed E-state index contributed by atoms with van der Waals surface area (Å²) in [4.78, 5) is 0. The van der Waals surface area contributed by atoms with E-state index in [4.69, 9.17) is 0 Å². The molecule has 0 bridgehead atoms. The van der Waals surface area contributed by atoms with Crippen LogP contribution in [0.1, 0.15) is 45.4 Å². The van der Waals surface area contributed by atoms with Gasteiger partial charge in [0.05, 0.1) is 0 Å². The van der Waals surface area contributed by atoms with Gasteiger partial charge in [-0.2, -0.15) is 0 Å². The molecule has 1 nitrogen and oxygen atoms in total.